The Balaban J connectivity index is 0.00000144. The Labute approximate surface area is 87.7 Å². The molecule has 0 aliphatic rings. The predicted octanol–water partition coefficient (Wildman–Crippen LogP) is 3.50. The molecule has 0 fully saturated rings. The van der Waals surface area contributed by atoms with Crippen LogP contribution in [0.15, 0.2) is 22.8 Å². The van der Waals surface area contributed by atoms with Crippen LogP contribution in [0.4, 0.5) is 0 Å². The highest BCUT2D eigenvalue weighted by Gasteiger charge is 2.05. The molecule has 0 aliphatic heterocycles. The Morgan fingerprint density at radius 1 is 1.69 bits per heavy atom. The van der Waals surface area contributed by atoms with Crippen LogP contribution in [0.5, 0.6) is 0 Å². The highest BCUT2D eigenvalue weighted by atomic mass is 79.9. The minimum absolute atomic E-state index is 0. The van der Waals surface area contributed by atoms with Gasteiger partial charge < -0.3 is 0 Å². The fourth-order valence-corrected chi connectivity index (χ4v) is 1.28. The maximum absolute atomic E-state index is 8.48. The average Bonchev–Trinajstić information content (AvgIpc) is 2.05. The molecule has 0 bridgehead atoms. The summed E-state index contributed by atoms with van der Waals surface area (Å²) in [6.07, 6.45) is 2.26. The summed E-state index contributed by atoms with van der Waals surface area (Å²) in [5, 5.41) is 8.48. The molecule has 1 heterocycles. The van der Waals surface area contributed by atoms with Crippen LogP contribution >= 0.6 is 15.9 Å². The van der Waals surface area contributed by atoms with Crippen molar-refractivity contribution in [1.29, 1.82) is 5.26 Å². The first-order valence-corrected chi connectivity index (χ1v) is 4.51. The molecule has 1 aromatic rings. The largest absolute Gasteiger partial charge is 0.261 e. The van der Waals surface area contributed by atoms with E-state index in [9.17, 15) is 0 Å². The van der Waals surface area contributed by atoms with Crippen molar-refractivity contribution in [3.63, 3.8) is 0 Å². The number of nitrogens with zero attached hydrogens (tertiary/aromatic N) is 2. The molecular formula is C10H13BrN2. The van der Waals surface area contributed by atoms with Crippen molar-refractivity contribution in [3.8, 4) is 6.07 Å². The molecule has 3 heteroatoms. The molecule has 0 N–H and O–H groups in total. The Morgan fingerprint density at radius 2 is 2.38 bits per heavy atom. The monoisotopic (exact) mass is 240 g/mol. The highest BCUT2D eigenvalue weighted by Crippen LogP contribution is 2.19. The second-order valence-corrected chi connectivity index (χ2v) is 3.58. The number of halogens is 1. The molecule has 0 spiro atoms. The molecule has 0 aliphatic carbocycles. The first kappa shape index (κ1) is 12.1. The maximum Gasteiger partial charge on any atom is 0.0628 e. The second-order valence-electron chi connectivity index (χ2n) is 2.66. The number of hydrogen-bond acceptors (Lipinski definition) is 2. The number of aromatic nitrogens is 1. The van der Waals surface area contributed by atoms with Gasteiger partial charge >= 0.3 is 0 Å². The Hall–Kier alpha value is -0.880. The Kier molecular flexibility index (Phi) is 5.33. The zero-order chi connectivity index (χ0) is 8.97. The summed E-state index contributed by atoms with van der Waals surface area (Å²) in [5.74, 6) is 0.215. The molecule has 70 valence electrons. The normalized spacial score (nSPS) is 11.2. The van der Waals surface area contributed by atoms with E-state index in [1.54, 1.807) is 6.20 Å². The molecule has 1 aromatic heterocycles. The third-order valence-corrected chi connectivity index (χ3v) is 2.14. The summed E-state index contributed by atoms with van der Waals surface area (Å²) in [7, 11) is 0. The van der Waals surface area contributed by atoms with Crippen LogP contribution in [0, 0.1) is 11.3 Å². The molecule has 13 heavy (non-hydrogen) atoms. The Morgan fingerprint density at radius 3 is 2.92 bits per heavy atom. The van der Waals surface area contributed by atoms with Gasteiger partial charge in [-0.3, -0.25) is 4.98 Å². The third kappa shape index (κ3) is 3.56. The number of nitriles is 1. The van der Waals surface area contributed by atoms with Gasteiger partial charge in [-0.25, -0.2) is 0 Å². The molecule has 0 aromatic carbocycles. The quantitative estimate of drug-likeness (QED) is 0.794. The van der Waals surface area contributed by atoms with Crippen molar-refractivity contribution in [2.75, 3.05) is 0 Å². The van der Waals surface area contributed by atoms with Crippen LogP contribution < -0.4 is 0 Å². The van der Waals surface area contributed by atoms with Crippen molar-refractivity contribution < 1.29 is 0 Å². The predicted molar refractivity (Wildman–Crippen MR) is 57.3 cm³/mol. The summed E-state index contributed by atoms with van der Waals surface area (Å²) >= 11 is 3.36. The van der Waals surface area contributed by atoms with Crippen LogP contribution in [-0.2, 0) is 0 Å². The van der Waals surface area contributed by atoms with Crippen molar-refractivity contribution in [2.24, 2.45) is 0 Å². The zero-order valence-corrected chi connectivity index (χ0v) is 8.37. The molecule has 0 radical (unpaired) electrons. The van der Waals surface area contributed by atoms with E-state index in [0.717, 1.165) is 10.2 Å². The molecule has 0 saturated carbocycles. The van der Waals surface area contributed by atoms with Gasteiger partial charge in [-0.05, 0) is 12.1 Å². The lowest BCUT2D eigenvalue weighted by molar-refractivity contribution is 0.756. The standard InChI is InChI=1S/C9H9BrN2.CH4/c1-7(2-4-11)9-6-8(10)3-5-12-9;/h3,5-7H,2H2,1H3;1H4. The topological polar surface area (TPSA) is 36.7 Å². The SMILES string of the molecule is C.CC(CC#N)c1cc(Br)ccn1. The van der Waals surface area contributed by atoms with E-state index in [-0.39, 0.29) is 13.3 Å². The minimum Gasteiger partial charge on any atom is -0.261 e. The van der Waals surface area contributed by atoms with Crippen molar-refractivity contribution in [1.82, 2.24) is 4.98 Å². The van der Waals surface area contributed by atoms with Gasteiger partial charge in [0, 0.05) is 28.7 Å². The van der Waals surface area contributed by atoms with E-state index in [2.05, 4.69) is 27.0 Å². The lowest BCUT2D eigenvalue weighted by Crippen LogP contribution is -1.94. The van der Waals surface area contributed by atoms with Crippen LogP contribution in [-0.4, -0.2) is 4.98 Å². The first-order valence-electron chi connectivity index (χ1n) is 3.72. The molecule has 0 saturated heterocycles. The summed E-state index contributed by atoms with van der Waals surface area (Å²) < 4.78 is 1.01. The van der Waals surface area contributed by atoms with E-state index >= 15 is 0 Å². The lowest BCUT2D eigenvalue weighted by Gasteiger charge is -2.05. The van der Waals surface area contributed by atoms with Gasteiger partial charge in [-0.2, -0.15) is 5.26 Å². The Bertz CT molecular complexity index is 304. The molecule has 2 nitrogen and oxygen atoms in total. The second kappa shape index (κ2) is 5.71. The molecular weight excluding hydrogens is 228 g/mol. The van der Waals surface area contributed by atoms with E-state index in [4.69, 9.17) is 5.26 Å². The van der Waals surface area contributed by atoms with E-state index in [1.807, 2.05) is 19.1 Å². The van der Waals surface area contributed by atoms with Gasteiger partial charge in [0.1, 0.15) is 0 Å². The van der Waals surface area contributed by atoms with Gasteiger partial charge in [0.25, 0.3) is 0 Å². The summed E-state index contributed by atoms with van der Waals surface area (Å²) in [4.78, 5) is 4.18. The van der Waals surface area contributed by atoms with Crippen molar-refractivity contribution in [3.05, 3.63) is 28.5 Å². The third-order valence-electron chi connectivity index (χ3n) is 1.65. The van der Waals surface area contributed by atoms with E-state index in [1.165, 1.54) is 0 Å². The van der Waals surface area contributed by atoms with Crippen molar-refractivity contribution >= 4 is 15.9 Å². The summed E-state index contributed by atoms with van der Waals surface area (Å²) in [5.41, 5.74) is 0.964. The van der Waals surface area contributed by atoms with Crippen LogP contribution in [0.3, 0.4) is 0 Å². The summed E-state index contributed by atoms with van der Waals surface area (Å²) in [6.45, 7) is 2.00. The maximum atomic E-state index is 8.48. The van der Waals surface area contributed by atoms with E-state index in [0.29, 0.717) is 6.42 Å². The van der Waals surface area contributed by atoms with Crippen LogP contribution in [0.1, 0.15) is 32.4 Å². The average molecular weight is 241 g/mol. The first-order chi connectivity index (χ1) is 5.74. The van der Waals surface area contributed by atoms with Gasteiger partial charge in [-0.15, -0.1) is 0 Å². The van der Waals surface area contributed by atoms with Crippen LogP contribution in [0.2, 0.25) is 0 Å². The van der Waals surface area contributed by atoms with Crippen molar-refractivity contribution in [2.45, 2.75) is 26.7 Å². The van der Waals surface area contributed by atoms with Crippen LogP contribution in [0.25, 0.3) is 0 Å². The van der Waals surface area contributed by atoms with Gasteiger partial charge in [0.05, 0.1) is 6.07 Å². The zero-order valence-electron chi connectivity index (χ0n) is 6.79. The molecule has 0 amide bonds. The fourth-order valence-electron chi connectivity index (χ4n) is 0.932. The summed E-state index contributed by atoms with van der Waals surface area (Å²) in [6, 6.07) is 5.95. The molecule has 1 rings (SSSR count). The number of rotatable bonds is 2. The number of hydrogen-bond donors (Lipinski definition) is 0. The van der Waals surface area contributed by atoms with E-state index < -0.39 is 0 Å². The van der Waals surface area contributed by atoms with Gasteiger partial charge in [0.15, 0.2) is 0 Å². The smallest absolute Gasteiger partial charge is 0.0628 e. The molecule has 1 unspecified atom stereocenters. The van der Waals surface area contributed by atoms with Gasteiger partial charge in [-0.1, -0.05) is 30.3 Å². The number of pyridine rings is 1. The fraction of sp³-hybridized carbons (Fsp3) is 0.400. The lowest BCUT2D eigenvalue weighted by atomic mass is 10.0. The highest BCUT2D eigenvalue weighted by molar-refractivity contribution is 9.10. The molecule has 1 atom stereocenters. The van der Waals surface area contributed by atoms with Gasteiger partial charge in [0.2, 0.25) is 0 Å². The minimum atomic E-state index is 0.